The Morgan fingerprint density at radius 2 is 2.00 bits per heavy atom. The number of para-hydroxylation sites is 1. The molecule has 1 saturated carbocycles. The predicted molar refractivity (Wildman–Crippen MR) is 71.6 cm³/mol. The minimum Gasteiger partial charge on any atom is -0.496 e. The molecule has 0 aromatic heterocycles. The van der Waals surface area contributed by atoms with Gasteiger partial charge in [0, 0.05) is 18.2 Å². The molecule has 112 valence electrons. The van der Waals surface area contributed by atoms with Crippen LogP contribution < -0.4 is 10.1 Å². The number of halogens is 3. The summed E-state index contributed by atoms with van der Waals surface area (Å²) in [6.45, 7) is 0.541. The van der Waals surface area contributed by atoms with Crippen molar-refractivity contribution >= 4 is 0 Å². The highest BCUT2D eigenvalue weighted by molar-refractivity contribution is 5.33. The van der Waals surface area contributed by atoms with E-state index in [0.29, 0.717) is 13.0 Å². The second-order valence-corrected chi connectivity index (χ2v) is 5.29. The smallest absolute Gasteiger partial charge is 0.391 e. The Morgan fingerprint density at radius 3 is 2.70 bits per heavy atom. The third-order valence-electron chi connectivity index (χ3n) is 3.91. The van der Waals surface area contributed by atoms with Crippen LogP contribution in [0.1, 0.15) is 31.2 Å². The van der Waals surface area contributed by atoms with Gasteiger partial charge in [0.1, 0.15) is 5.75 Å². The van der Waals surface area contributed by atoms with Gasteiger partial charge in [-0.25, -0.2) is 0 Å². The molecule has 1 aliphatic rings. The first-order valence-electron chi connectivity index (χ1n) is 6.92. The van der Waals surface area contributed by atoms with Gasteiger partial charge in [-0.15, -0.1) is 0 Å². The molecule has 1 aromatic carbocycles. The Hall–Kier alpha value is -1.23. The van der Waals surface area contributed by atoms with Crippen molar-refractivity contribution in [3.63, 3.8) is 0 Å². The largest absolute Gasteiger partial charge is 0.496 e. The third kappa shape index (κ3) is 3.88. The number of ether oxygens (including phenoxy) is 1. The molecule has 0 aliphatic heterocycles. The van der Waals surface area contributed by atoms with Gasteiger partial charge in [-0.3, -0.25) is 0 Å². The Morgan fingerprint density at radius 1 is 1.25 bits per heavy atom. The molecular formula is C15H20F3NO. The van der Waals surface area contributed by atoms with E-state index in [-0.39, 0.29) is 18.9 Å². The molecule has 1 aliphatic carbocycles. The van der Waals surface area contributed by atoms with E-state index in [0.717, 1.165) is 17.7 Å². The Bertz CT molecular complexity index is 433. The summed E-state index contributed by atoms with van der Waals surface area (Å²) in [6.07, 6.45) is -2.19. The van der Waals surface area contributed by atoms with Crippen molar-refractivity contribution in [2.45, 2.75) is 44.4 Å². The SMILES string of the molecule is COc1ccccc1CNC1CCCC(C(F)(F)F)C1. The minimum absolute atomic E-state index is 0.0692. The summed E-state index contributed by atoms with van der Waals surface area (Å²) in [4.78, 5) is 0. The van der Waals surface area contributed by atoms with E-state index in [1.54, 1.807) is 7.11 Å². The van der Waals surface area contributed by atoms with Gasteiger partial charge in [0.05, 0.1) is 13.0 Å². The lowest BCUT2D eigenvalue weighted by Gasteiger charge is -2.31. The third-order valence-corrected chi connectivity index (χ3v) is 3.91. The number of hydrogen-bond donors (Lipinski definition) is 1. The average molecular weight is 287 g/mol. The molecule has 5 heteroatoms. The quantitative estimate of drug-likeness (QED) is 0.906. The second kappa shape index (κ2) is 6.48. The maximum Gasteiger partial charge on any atom is 0.391 e. The molecule has 2 unspecified atom stereocenters. The number of methoxy groups -OCH3 is 1. The normalized spacial score (nSPS) is 23.6. The molecule has 2 nitrogen and oxygen atoms in total. The summed E-state index contributed by atoms with van der Waals surface area (Å²) in [7, 11) is 1.60. The maximum absolute atomic E-state index is 12.7. The van der Waals surface area contributed by atoms with Gasteiger partial charge < -0.3 is 10.1 Å². The summed E-state index contributed by atoms with van der Waals surface area (Å²) < 4.78 is 43.5. The zero-order valence-corrected chi connectivity index (χ0v) is 11.5. The van der Waals surface area contributed by atoms with Gasteiger partial charge in [0.25, 0.3) is 0 Å². The molecule has 1 N–H and O–H groups in total. The summed E-state index contributed by atoms with van der Waals surface area (Å²) in [5.74, 6) is -0.394. The highest BCUT2D eigenvalue weighted by Gasteiger charge is 2.41. The van der Waals surface area contributed by atoms with Crippen LogP contribution in [-0.2, 0) is 6.54 Å². The van der Waals surface area contributed by atoms with Crippen LogP contribution in [0.4, 0.5) is 13.2 Å². The molecule has 0 saturated heterocycles. The Balaban J connectivity index is 1.90. The lowest BCUT2D eigenvalue weighted by molar-refractivity contribution is -0.183. The Labute approximate surface area is 117 Å². The molecule has 0 bridgehead atoms. The molecule has 2 atom stereocenters. The molecule has 0 amide bonds. The first-order valence-corrected chi connectivity index (χ1v) is 6.92. The molecule has 20 heavy (non-hydrogen) atoms. The van der Waals surface area contributed by atoms with Gasteiger partial charge in [-0.05, 0) is 25.3 Å². The van der Waals surface area contributed by atoms with E-state index in [1.165, 1.54) is 0 Å². The monoisotopic (exact) mass is 287 g/mol. The van der Waals surface area contributed by atoms with Crippen LogP contribution in [-0.4, -0.2) is 19.3 Å². The van der Waals surface area contributed by atoms with Crippen LogP contribution in [0, 0.1) is 5.92 Å². The zero-order valence-electron chi connectivity index (χ0n) is 11.5. The van der Waals surface area contributed by atoms with Crippen molar-refractivity contribution in [1.82, 2.24) is 5.32 Å². The molecule has 0 radical (unpaired) electrons. The second-order valence-electron chi connectivity index (χ2n) is 5.29. The number of benzene rings is 1. The van der Waals surface area contributed by atoms with E-state index >= 15 is 0 Å². The number of hydrogen-bond acceptors (Lipinski definition) is 2. The van der Waals surface area contributed by atoms with Crippen molar-refractivity contribution < 1.29 is 17.9 Å². The van der Waals surface area contributed by atoms with Gasteiger partial charge in [-0.1, -0.05) is 24.6 Å². The fourth-order valence-corrected chi connectivity index (χ4v) is 2.78. The van der Waals surface area contributed by atoms with Gasteiger partial charge in [0.2, 0.25) is 0 Å². The van der Waals surface area contributed by atoms with E-state index in [1.807, 2.05) is 24.3 Å². The molecule has 2 rings (SSSR count). The van der Waals surface area contributed by atoms with Gasteiger partial charge in [0.15, 0.2) is 0 Å². The molecular weight excluding hydrogens is 267 g/mol. The summed E-state index contributed by atoms with van der Waals surface area (Å²) in [5, 5.41) is 3.23. The summed E-state index contributed by atoms with van der Waals surface area (Å²) >= 11 is 0. The lowest BCUT2D eigenvalue weighted by atomic mass is 9.85. The standard InChI is InChI=1S/C15H20F3NO/c1-20-14-8-3-2-5-11(14)10-19-13-7-4-6-12(9-13)15(16,17)18/h2-3,5,8,12-13,19H,4,6-7,9-10H2,1H3. The summed E-state index contributed by atoms with van der Waals surface area (Å²) in [5.41, 5.74) is 0.976. The summed E-state index contributed by atoms with van der Waals surface area (Å²) in [6, 6.07) is 7.49. The van der Waals surface area contributed by atoms with Crippen molar-refractivity contribution in [2.24, 2.45) is 5.92 Å². The first-order chi connectivity index (χ1) is 9.50. The maximum atomic E-state index is 12.7. The Kier molecular flexibility index (Phi) is 4.91. The fourth-order valence-electron chi connectivity index (χ4n) is 2.78. The average Bonchev–Trinajstić information content (AvgIpc) is 2.45. The fraction of sp³-hybridized carbons (Fsp3) is 0.600. The van der Waals surface area contributed by atoms with Crippen molar-refractivity contribution in [1.29, 1.82) is 0 Å². The number of rotatable bonds is 4. The van der Waals surface area contributed by atoms with E-state index in [9.17, 15) is 13.2 Å². The molecule has 0 spiro atoms. The highest BCUT2D eigenvalue weighted by atomic mass is 19.4. The molecule has 1 aromatic rings. The van der Waals surface area contributed by atoms with Crippen molar-refractivity contribution in [3.8, 4) is 5.75 Å². The van der Waals surface area contributed by atoms with Crippen LogP contribution in [0.5, 0.6) is 5.75 Å². The van der Waals surface area contributed by atoms with Gasteiger partial charge in [-0.2, -0.15) is 13.2 Å². The number of nitrogens with one attached hydrogen (secondary N) is 1. The van der Waals surface area contributed by atoms with E-state index in [2.05, 4.69) is 5.32 Å². The molecule has 0 heterocycles. The zero-order chi connectivity index (χ0) is 14.6. The lowest BCUT2D eigenvalue weighted by Crippen LogP contribution is -2.38. The highest BCUT2D eigenvalue weighted by Crippen LogP contribution is 2.37. The van der Waals surface area contributed by atoms with Crippen LogP contribution in [0.3, 0.4) is 0 Å². The van der Waals surface area contributed by atoms with E-state index < -0.39 is 12.1 Å². The topological polar surface area (TPSA) is 21.3 Å². The first kappa shape index (κ1) is 15.2. The van der Waals surface area contributed by atoms with Crippen molar-refractivity contribution in [3.05, 3.63) is 29.8 Å². The van der Waals surface area contributed by atoms with Crippen LogP contribution >= 0.6 is 0 Å². The van der Waals surface area contributed by atoms with Crippen LogP contribution in [0.2, 0.25) is 0 Å². The van der Waals surface area contributed by atoms with E-state index in [4.69, 9.17) is 4.74 Å². The molecule has 1 fully saturated rings. The predicted octanol–water partition coefficient (Wildman–Crippen LogP) is 3.91. The van der Waals surface area contributed by atoms with Crippen LogP contribution in [0.25, 0.3) is 0 Å². The van der Waals surface area contributed by atoms with Gasteiger partial charge >= 0.3 is 6.18 Å². The minimum atomic E-state index is -4.06. The number of alkyl halides is 3. The van der Waals surface area contributed by atoms with Crippen molar-refractivity contribution in [2.75, 3.05) is 7.11 Å². The van der Waals surface area contributed by atoms with Crippen LogP contribution in [0.15, 0.2) is 24.3 Å².